The first-order valence-corrected chi connectivity index (χ1v) is 9.12. The van der Waals surface area contributed by atoms with Crippen LogP contribution in [-0.4, -0.2) is 35.4 Å². The van der Waals surface area contributed by atoms with Crippen molar-refractivity contribution >= 4 is 23.0 Å². The first-order chi connectivity index (χ1) is 13.0. The molecule has 27 heavy (non-hydrogen) atoms. The van der Waals surface area contributed by atoms with Gasteiger partial charge in [-0.2, -0.15) is 0 Å². The number of rotatable bonds is 10. The van der Waals surface area contributed by atoms with Crippen LogP contribution in [0, 0.1) is 10.1 Å². The molecule has 144 valence electrons. The molecule has 2 rings (SSSR count). The zero-order chi connectivity index (χ0) is 19.6. The predicted molar refractivity (Wildman–Crippen MR) is 108 cm³/mol. The molecule has 2 N–H and O–H groups in total. The normalized spacial score (nSPS) is 10.6. The van der Waals surface area contributed by atoms with Gasteiger partial charge in [-0.3, -0.25) is 19.8 Å². The number of carbonyl (C=O) groups is 1. The summed E-state index contributed by atoms with van der Waals surface area (Å²) in [6.07, 6.45) is 0.215. The largest absolute Gasteiger partial charge is 0.379 e. The molecule has 0 saturated heterocycles. The number of hydrogen-bond donors (Lipinski definition) is 2. The van der Waals surface area contributed by atoms with E-state index in [0.717, 1.165) is 30.9 Å². The maximum atomic E-state index is 12.2. The lowest BCUT2D eigenvalue weighted by Crippen LogP contribution is -2.22. The van der Waals surface area contributed by atoms with E-state index >= 15 is 0 Å². The minimum atomic E-state index is -0.441. The third kappa shape index (κ3) is 6.38. The van der Waals surface area contributed by atoms with Crippen LogP contribution in [0.3, 0.4) is 0 Å². The topological polar surface area (TPSA) is 87.5 Å². The standard InChI is InChI=1S/C20H26N4O3/c1-3-23(4-2)15-16-8-7-9-17(14-16)22-20(25)12-13-21-18-10-5-6-11-19(18)24(26)27/h5-11,14,21H,3-4,12-13,15H2,1-2H3,(H,22,25). The predicted octanol–water partition coefficient (Wildman–Crippen LogP) is 3.88. The number of hydrogen-bond acceptors (Lipinski definition) is 5. The number of nitrogens with zero attached hydrogens (tertiary/aromatic N) is 2. The van der Waals surface area contributed by atoms with Crippen molar-refractivity contribution in [1.29, 1.82) is 0 Å². The SMILES string of the molecule is CCN(CC)Cc1cccc(NC(=O)CCNc2ccccc2[N+](=O)[O-])c1. The summed E-state index contributed by atoms with van der Waals surface area (Å²) >= 11 is 0. The lowest BCUT2D eigenvalue weighted by atomic mass is 10.2. The molecular formula is C20H26N4O3. The summed E-state index contributed by atoms with van der Waals surface area (Å²) in [5, 5.41) is 16.8. The second-order valence-corrected chi connectivity index (χ2v) is 6.16. The molecule has 7 heteroatoms. The Labute approximate surface area is 159 Å². The van der Waals surface area contributed by atoms with Gasteiger partial charge in [-0.1, -0.05) is 38.1 Å². The van der Waals surface area contributed by atoms with Crippen LogP contribution in [0.5, 0.6) is 0 Å². The molecule has 0 radical (unpaired) electrons. The fourth-order valence-electron chi connectivity index (χ4n) is 2.77. The second kappa shape index (κ2) is 10.3. The van der Waals surface area contributed by atoms with E-state index in [2.05, 4.69) is 29.4 Å². The number of amides is 1. The van der Waals surface area contributed by atoms with Gasteiger partial charge in [0.15, 0.2) is 0 Å². The van der Waals surface area contributed by atoms with Crippen LogP contribution >= 0.6 is 0 Å². The number of para-hydroxylation sites is 2. The van der Waals surface area contributed by atoms with Crippen LogP contribution in [0.2, 0.25) is 0 Å². The van der Waals surface area contributed by atoms with Crippen molar-refractivity contribution in [2.45, 2.75) is 26.8 Å². The maximum absolute atomic E-state index is 12.2. The average Bonchev–Trinajstić information content (AvgIpc) is 2.66. The molecule has 7 nitrogen and oxygen atoms in total. The van der Waals surface area contributed by atoms with Gasteiger partial charge < -0.3 is 10.6 Å². The first-order valence-electron chi connectivity index (χ1n) is 9.12. The minimum absolute atomic E-state index is 0.00186. The number of nitro groups is 1. The number of nitrogens with one attached hydrogen (secondary N) is 2. The van der Waals surface area contributed by atoms with Crippen molar-refractivity contribution in [2.75, 3.05) is 30.3 Å². The molecule has 0 aliphatic carbocycles. The molecule has 1 amide bonds. The lowest BCUT2D eigenvalue weighted by Gasteiger charge is -2.18. The number of benzene rings is 2. The Morgan fingerprint density at radius 2 is 1.85 bits per heavy atom. The van der Waals surface area contributed by atoms with Crippen LogP contribution < -0.4 is 10.6 Å². The van der Waals surface area contributed by atoms with E-state index in [1.54, 1.807) is 18.2 Å². The molecular weight excluding hydrogens is 344 g/mol. The Morgan fingerprint density at radius 3 is 2.56 bits per heavy atom. The fraction of sp³-hybridized carbons (Fsp3) is 0.350. The van der Waals surface area contributed by atoms with Crippen molar-refractivity contribution in [3.05, 3.63) is 64.2 Å². The van der Waals surface area contributed by atoms with E-state index in [0.29, 0.717) is 12.2 Å². The quantitative estimate of drug-likeness (QED) is 0.489. The smallest absolute Gasteiger partial charge is 0.292 e. The lowest BCUT2D eigenvalue weighted by molar-refractivity contribution is -0.384. The third-order valence-electron chi connectivity index (χ3n) is 4.28. The molecule has 0 bridgehead atoms. The molecule has 2 aromatic rings. The van der Waals surface area contributed by atoms with E-state index in [9.17, 15) is 14.9 Å². The molecule has 0 aliphatic rings. The van der Waals surface area contributed by atoms with E-state index in [-0.39, 0.29) is 18.0 Å². The van der Waals surface area contributed by atoms with Gasteiger partial charge in [0, 0.05) is 31.3 Å². The Kier molecular flexibility index (Phi) is 7.76. The average molecular weight is 370 g/mol. The van der Waals surface area contributed by atoms with Gasteiger partial charge in [-0.05, 0) is 36.9 Å². The van der Waals surface area contributed by atoms with E-state index in [4.69, 9.17) is 0 Å². The fourth-order valence-corrected chi connectivity index (χ4v) is 2.77. The summed E-state index contributed by atoms with van der Waals surface area (Å²) in [4.78, 5) is 25.0. The molecule has 0 unspecified atom stereocenters. The van der Waals surface area contributed by atoms with Crippen LogP contribution in [-0.2, 0) is 11.3 Å². The van der Waals surface area contributed by atoms with Crippen LogP contribution in [0.25, 0.3) is 0 Å². The Morgan fingerprint density at radius 1 is 1.11 bits per heavy atom. The van der Waals surface area contributed by atoms with Crippen molar-refractivity contribution in [1.82, 2.24) is 4.90 Å². The molecule has 0 aromatic heterocycles. The van der Waals surface area contributed by atoms with Crippen LogP contribution in [0.15, 0.2) is 48.5 Å². The number of nitro benzene ring substituents is 1. The van der Waals surface area contributed by atoms with Gasteiger partial charge in [-0.15, -0.1) is 0 Å². The Hall–Kier alpha value is -2.93. The molecule has 0 atom stereocenters. The maximum Gasteiger partial charge on any atom is 0.292 e. The molecule has 0 aliphatic heterocycles. The second-order valence-electron chi connectivity index (χ2n) is 6.16. The molecule has 0 saturated carbocycles. The minimum Gasteiger partial charge on any atom is -0.379 e. The summed E-state index contributed by atoms with van der Waals surface area (Å²) in [6, 6.07) is 14.2. The van der Waals surface area contributed by atoms with Crippen molar-refractivity contribution in [2.24, 2.45) is 0 Å². The summed E-state index contributed by atoms with van der Waals surface area (Å²) < 4.78 is 0. The molecule has 0 spiro atoms. The van der Waals surface area contributed by atoms with Gasteiger partial charge in [-0.25, -0.2) is 0 Å². The van der Waals surface area contributed by atoms with E-state index in [1.165, 1.54) is 6.07 Å². The Balaban J connectivity index is 1.87. The van der Waals surface area contributed by atoms with Gasteiger partial charge in [0.1, 0.15) is 5.69 Å². The highest BCUT2D eigenvalue weighted by Crippen LogP contribution is 2.23. The number of carbonyl (C=O) groups excluding carboxylic acids is 1. The Bertz CT molecular complexity index is 775. The number of anilines is 2. The summed E-state index contributed by atoms with van der Waals surface area (Å²) in [5.41, 5.74) is 2.32. The van der Waals surface area contributed by atoms with Crippen LogP contribution in [0.1, 0.15) is 25.8 Å². The van der Waals surface area contributed by atoms with Crippen molar-refractivity contribution in [3.63, 3.8) is 0 Å². The summed E-state index contributed by atoms with van der Waals surface area (Å²) in [7, 11) is 0. The monoisotopic (exact) mass is 370 g/mol. The highest BCUT2D eigenvalue weighted by Gasteiger charge is 2.12. The molecule has 0 fully saturated rings. The third-order valence-corrected chi connectivity index (χ3v) is 4.28. The highest BCUT2D eigenvalue weighted by molar-refractivity contribution is 5.91. The van der Waals surface area contributed by atoms with Crippen LogP contribution in [0.4, 0.5) is 17.1 Å². The summed E-state index contributed by atoms with van der Waals surface area (Å²) in [6.45, 7) is 7.36. The van der Waals surface area contributed by atoms with Gasteiger partial charge >= 0.3 is 0 Å². The molecule has 0 heterocycles. The van der Waals surface area contributed by atoms with Gasteiger partial charge in [0.2, 0.25) is 5.91 Å². The summed E-state index contributed by atoms with van der Waals surface area (Å²) in [5.74, 6) is -0.138. The van der Waals surface area contributed by atoms with E-state index < -0.39 is 4.92 Å². The first kappa shape index (κ1) is 20.4. The van der Waals surface area contributed by atoms with E-state index in [1.807, 2.05) is 24.3 Å². The molecule has 2 aromatic carbocycles. The van der Waals surface area contributed by atoms with Gasteiger partial charge in [0.05, 0.1) is 4.92 Å². The highest BCUT2D eigenvalue weighted by atomic mass is 16.6. The zero-order valence-electron chi connectivity index (χ0n) is 15.8. The van der Waals surface area contributed by atoms with Crippen molar-refractivity contribution < 1.29 is 9.72 Å². The van der Waals surface area contributed by atoms with Gasteiger partial charge in [0.25, 0.3) is 5.69 Å². The van der Waals surface area contributed by atoms with Crippen molar-refractivity contribution in [3.8, 4) is 0 Å². The zero-order valence-corrected chi connectivity index (χ0v) is 15.8.